The minimum Gasteiger partial charge on any atom is -0.466 e. The van der Waals surface area contributed by atoms with Gasteiger partial charge in [0.05, 0.1) is 5.56 Å². The topological polar surface area (TPSA) is 46.2 Å². The highest BCUT2D eigenvalue weighted by atomic mass is 31.2. The van der Waals surface area contributed by atoms with E-state index >= 15 is 0 Å². The van der Waals surface area contributed by atoms with Gasteiger partial charge in [-0.05, 0) is 61.7 Å². The zero-order chi connectivity index (χ0) is 27.0. The Labute approximate surface area is 232 Å². The molecule has 39 heavy (non-hydrogen) atoms. The van der Waals surface area contributed by atoms with Crippen LogP contribution in [0.2, 0.25) is 0 Å². The van der Waals surface area contributed by atoms with E-state index in [1.54, 1.807) is 0 Å². The molecule has 0 saturated carbocycles. The van der Waals surface area contributed by atoms with Gasteiger partial charge in [-0.3, -0.25) is 4.52 Å². The summed E-state index contributed by atoms with van der Waals surface area (Å²) in [7, 11) is -1.78. The number of aryl methyl sites for hydroxylation is 2. The average Bonchev–Trinajstić information content (AvgIpc) is 2.94. The third-order valence-electron chi connectivity index (χ3n) is 6.39. The van der Waals surface area contributed by atoms with Crippen LogP contribution in [0.25, 0.3) is 16.9 Å². The molecule has 0 spiro atoms. The van der Waals surface area contributed by atoms with Crippen LogP contribution >= 0.6 is 8.60 Å². The second-order valence-electron chi connectivity index (χ2n) is 9.42. The Hall–Kier alpha value is -3.79. The van der Waals surface area contributed by atoms with E-state index in [0.29, 0.717) is 23.0 Å². The van der Waals surface area contributed by atoms with Crippen molar-refractivity contribution in [3.05, 3.63) is 114 Å². The summed E-state index contributed by atoms with van der Waals surface area (Å²) in [6.07, 6.45) is 4.37. The molecule has 0 radical (unpaired) electrons. The molecular weight excluding hydrogens is 507 g/mol. The van der Waals surface area contributed by atoms with Gasteiger partial charge in [0.15, 0.2) is 6.79 Å². The fourth-order valence-corrected chi connectivity index (χ4v) is 5.33. The van der Waals surface area contributed by atoms with Crippen LogP contribution in [0.3, 0.4) is 0 Å². The summed E-state index contributed by atoms with van der Waals surface area (Å²) in [6, 6.07) is 29.4. The van der Waals surface area contributed by atoms with E-state index in [0.717, 1.165) is 52.8 Å². The molecule has 4 aromatic rings. The zero-order valence-corrected chi connectivity index (χ0v) is 23.3. The zero-order valence-electron chi connectivity index (χ0n) is 22.4. The van der Waals surface area contributed by atoms with Gasteiger partial charge in [0.25, 0.3) is 0 Å². The predicted molar refractivity (Wildman–Crippen MR) is 157 cm³/mol. The van der Waals surface area contributed by atoms with Gasteiger partial charge in [0.1, 0.15) is 28.8 Å². The SMILES string of the molecule is C=C1Oc2cc(CCCCC)cc(OCOP(Oc3ccccc3)Oc3ccccc3)c2-c2cc(C)ccc21. The number of hydrogen-bond donors (Lipinski definition) is 0. The molecule has 0 atom stereocenters. The molecule has 1 heterocycles. The Kier molecular flexibility index (Phi) is 8.82. The molecule has 1 aliphatic rings. The highest BCUT2D eigenvalue weighted by Crippen LogP contribution is 2.48. The molecule has 0 fully saturated rings. The molecule has 4 aromatic carbocycles. The number of rotatable bonds is 12. The molecule has 0 unspecified atom stereocenters. The number of para-hydroxylation sites is 2. The maximum atomic E-state index is 6.31. The van der Waals surface area contributed by atoms with E-state index in [9.17, 15) is 0 Å². The lowest BCUT2D eigenvalue weighted by Crippen LogP contribution is -2.10. The first-order valence-electron chi connectivity index (χ1n) is 13.3. The van der Waals surface area contributed by atoms with E-state index < -0.39 is 8.60 Å². The Morgan fingerprint density at radius 2 is 1.49 bits per heavy atom. The summed E-state index contributed by atoms with van der Waals surface area (Å²) >= 11 is 0. The van der Waals surface area contributed by atoms with Crippen molar-refractivity contribution in [2.75, 3.05) is 6.79 Å². The van der Waals surface area contributed by atoms with Crippen molar-refractivity contribution in [1.82, 2.24) is 0 Å². The highest BCUT2D eigenvalue weighted by molar-refractivity contribution is 7.42. The minimum absolute atomic E-state index is 0.0572. The number of fused-ring (bicyclic) bond motifs is 3. The summed E-state index contributed by atoms with van der Waals surface area (Å²) in [5.74, 6) is 3.41. The fourth-order valence-electron chi connectivity index (χ4n) is 4.46. The third-order valence-corrected chi connectivity index (χ3v) is 7.43. The summed E-state index contributed by atoms with van der Waals surface area (Å²) in [6.45, 7) is 8.39. The van der Waals surface area contributed by atoms with Crippen molar-refractivity contribution < 1.29 is 23.0 Å². The smallest absolute Gasteiger partial charge is 0.466 e. The van der Waals surface area contributed by atoms with Gasteiger partial charge in [0, 0.05) is 11.1 Å². The Balaban J connectivity index is 1.40. The highest BCUT2D eigenvalue weighted by Gasteiger charge is 2.26. The summed E-state index contributed by atoms with van der Waals surface area (Å²) in [4.78, 5) is 0. The first kappa shape index (κ1) is 26.8. The van der Waals surface area contributed by atoms with Crippen LogP contribution in [0.4, 0.5) is 0 Å². The first-order valence-corrected chi connectivity index (χ1v) is 14.4. The Morgan fingerprint density at radius 3 is 2.15 bits per heavy atom. The van der Waals surface area contributed by atoms with Crippen LogP contribution in [0.1, 0.15) is 42.9 Å². The van der Waals surface area contributed by atoms with Gasteiger partial charge >= 0.3 is 8.60 Å². The third kappa shape index (κ3) is 6.81. The van der Waals surface area contributed by atoms with Crippen LogP contribution in [-0.2, 0) is 10.9 Å². The number of unbranched alkanes of at least 4 members (excludes halogenated alkanes) is 2. The molecule has 0 N–H and O–H groups in total. The normalized spacial score (nSPS) is 11.9. The summed E-state index contributed by atoms with van der Waals surface area (Å²) in [5, 5.41) is 0. The molecule has 0 amide bonds. The Bertz CT molecular complexity index is 1360. The lowest BCUT2D eigenvalue weighted by Gasteiger charge is -2.26. The van der Waals surface area contributed by atoms with Gasteiger partial charge in [-0.2, -0.15) is 0 Å². The minimum atomic E-state index is -1.78. The average molecular weight is 541 g/mol. The van der Waals surface area contributed by atoms with Crippen LogP contribution < -0.4 is 18.5 Å². The van der Waals surface area contributed by atoms with Crippen molar-refractivity contribution in [3.8, 4) is 34.1 Å². The van der Waals surface area contributed by atoms with Gasteiger partial charge in [-0.25, -0.2) is 0 Å². The summed E-state index contributed by atoms with van der Waals surface area (Å²) < 4.78 is 30.7. The quantitative estimate of drug-likeness (QED) is 0.102. The molecule has 200 valence electrons. The van der Waals surface area contributed by atoms with Crippen molar-refractivity contribution in [3.63, 3.8) is 0 Å². The lowest BCUT2D eigenvalue weighted by atomic mass is 9.91. The largest absolute Gasteiger partial charge is 0.466 e. The predicted octanol–water partition coefficient (Wildman–Crippen LogP) is 9.50. The number of hydrogen-bond acceptors (Lipinski definition) is 5. The number of ether oxygens (including phenoxy) is 2. The van der Waals surface area contributed by atoms with Gasteiger partial charge < -0.3 is 18.5 Å². The van der Waals surface area contributed by atoms with Crippen molar-refractivity contribution >= 4 is 14.4 Å². The molecule has 1 aliphatic heterocycles. The molecule has 5 nitrogen and oxygen atoms in total. The molecule has 0 bridgehead atoms. The van der Waals surface area contributed by atoms with Gasteiger partial charge in [0.2, 0.25) is 0 Å². The van der Waals surface area contributed by atoms with Crippen LogP contribution in [-0.4, -0.2) is 6.79 Å². The monoisotopic (exact) mass is 540 g/mol. The standard InChI is InChI=1S/C33H33O5P/c1-4-5-8-13-26-21-31(33-30-20-24(2)18-19-29(30)25(3)36-32(33)22-26)34-23-35-39(37-27-14-9-6-10-15-27)38-28-16-11-7-12-17-28/h6-7,9-12,14-22H,3-5,8,13,23H2,1-2H3. The molecule has 0 aliphatic carbocycles. The first-order chi connectivity index (χ1) is 19.1. The molecule has 5 rings (SSSR count). The Morgan fingerprint density at radius 1 is 0.795 bits per heavy atom. The fraction of sp³-hybridized carbons (Fsp3) is 0.212. The molecule has 6 heteroatoms. The van der Waals surface area contributed by atoms with Crippen molar-refractivity contribution in [2.45, 2.75) is 39.5 Å². The maximum absolute atomic E-state index is 6.31. The van der Waals surface area contributed by atoms with E-state index in [4.69, 9.17) is 23.0 Å². The lowest BCUT2D eigenvalue weighted by molar-refractivity contribution is 0.109. The second kappa shape index (κ2) is 12.8. The maximum Gasteiger partial charge on any atom is 0.466 e. The molecular formula is C33H33O5P. The van der Waals surface area contributed by atoms with E-state index in [1.165, 1.54) is 6.42 Å². The van der Waals surface area contributed by atoms with E-state index in [-0.39, 0.29) is 6.79 Å². The van der Waals surface area contributed by atoms with Crippen molar-refractivity contribution in [1.29, 1.82) is 0 Å². The molecule has 0 saturated heterocycles. The summed E-state index contributed by atoms with van der Waals surface area (Å²) in [5.41, 5.74) is 5.21. The molecule has 0 aromatic heterocycles. The number of benzene rings is 4. The van der Waals surface area contributed by atoms with Crippen LogP contribution in [0, 0.1) is 6.92 Å². The van der Waals surface area contributed by atoms with Crippen LogP contribution in [0.15, 0.2) is 97.6 Å². The van der Waals surface area contributed by atoms with Gasteiger partial charge in [-0.1, -0.05) is 86.5 Å². The van der Waals surface area contributed by atoms with E-state index in [2.05, 4.69) is 44.7 Å². The van der Waals surface area contributed by atoms with Crippen LogP contribution in [0.5, 0.6) is 23.0 Å². The second-order valence-corrected chi connectivity index (χ2v) is 10.5. The van der Waals surface area contributed by atoms with Gasteiger partial charge in [-0.15, -0.1) is 0 Å². The van der Waals surface area contributed by atoms with Crippen molar-refractivity contribution in [2.24, 2.45) is 0 Å². The van der Waals surface area contributed by atoms with E-state index in [1.807, 2.05) is 66.7 Å².